The molecule has 1 fully saturated rings. The van der Waals surface area contributed by atoms with Crippen LogP contribution in [0.5, 0.6) is 23.0 Å². The molecular formula is C20H23NO5. The molecule has 0 radical (unpaired) electrons. The summed E-state index contributed by atoms with van der Waals surface area (Å²) in [6.45, 7) is -0.0249. The van der Waals surface area contributed by atoms with E-state index in [9.17, 15) is 4.79 Å². The molecule has 6 heteroatoms. The van der Waals surface area contributed by atoms with Crippen LogP contribution in [0.1, 0.15) is 12.8 Å². The Labute approximate surface area is 153 Å². The largest absolute Gasteiger partial charge is 0.497 e. The number of carbonyl (C=O) groups is 1. The van der Waals surface area contributed by atoms with Gasteiger partial charge in [-0.25, -0.2) is 0 Å². The van der Waals surface area contributed by atoms with Gasteiger partial charge in [0.25, 0.3) is 5.91 Å². The molecule has 0 saturated heterocycles. The Morgan fingerprint density at radius 3 is 2.35 bits per heavy atom. The molecule has 0 unspecified atom stereocenters. The maximum atomic E-state index is 11.8. The number of amides is 1. The number of hydrogen-bond donors (Lipinski definition) is 1. The van der Waals surface area contributed by atoms with Gasteiger partial charge in [-0.1, -0.05) is 0 Å². The van der Waals surface area contributed by atoms with Crippen molar-refractivity contribution in [2.75, 3.05) is 27.9 Å². The first kappa shape index (κ1) is 17.9. The molecule has 2 aromatic carbocycles. The lowest BCUT2D eigenvalue weighted by molar-refractivity contribution is -0.123. The third-order valence-electron chi connectivity index (χ3n) is 4.15. The van der Waals surface area contributed by atoms with Gasteiger partial charge in [0.05, 0.1) is 21.3 Å². The lowest BCUT2D eigenvalue weighted by atomic mass is 10.0. The van der Waals surface area contributed by atoms with Crippen molar-refractivity contribution in [1.29, 1.82) is 0 Å². The minimum Gasteiger partial charge on any atom is -0.497 e. The first-order valence-corrected chi connectivity index (χ1v) is 8.46. The molecule has 0 heterocycles. The third-order valence-corrected chi connectivity index (χ3v) is 4.15. The SMILES string of the molecule is COc1cc(OCC(=O)NC2CC2)cc(-c2ccc(OC)cc2OC)c1. The van der Waals surface area contributed by atoms with Crippen LogP contribution in [0.15, 0.2) is 36.4 Å². The summed E-state index contributed by atoms with van der Waals surface area (Å²) in [5.41, 5.74) is 1.74. The predicted molar refractivity (Wildman–Crippen MR) is 98.2 cm³/mol. The Morgan fingerprint density at radius 2 is 1.69 bits per heavy atom. The molecule has 0 bridgehead atoms. The van der Waals surface area contributed by atoms with E-state index < -0.39 is 0 Å². The summed E-state index contributed by atoms with van der Waals surface area (Å²) in [4.78, 5) is 11.8. The number of methoxy groups -OCH3 is 3. The van der Waals surface area contributed by atoms with Crippen LogP contribution in [0.4, 0.5) is 0 Å². The van der Waals surface area contributed by atoms with Gasteiger partial charge < -0.3 is 24.3 Å². The van der Waals surface area contributed by atoms with E-state index in [0.717, 1.165) is 24.0 Å². The highest BCUT2D eigenvalue weighted by atomic mass is 16.5. The summed E-state index contributed by atoms with van der Waals surface area (Å²) in [6, 6.07) is 11.4. The zero-order valence-corrected chi connectivity index (χ0v) is 15.2. The van der Waals surface area contributed by atoms with Gasteiger partial charge in [-0.3, -0.25) is 4.79 Å². The Bertz CT molecular complexity index is 786. The number of hydrogen-bond acceptors (Lipinski definition) is 5. The summed E-state index contributed by atoms with van der Waals surface area (Å²) in [6.07, 6.45) is 2.10. The molecule has 0 atom stereocenters. The van der Waals surface area contributed by atoms with Gasteiger partial charge in [-0.2, -0.15) is 0 Å². The van der Waals surface area contributed by atoms with Crippen molar-refractivity contribution in [2.45, 2.75) is 18.9 Å². The van der Waals surface area contributed by atoms with Crippen molar-refractivity contribution in [3.05, 3.63) is 36.4 Å². The molecule has 0 aromatic heterocycles. The van der Waals surface area contributed by atoms with Gasteiger partial charge in [0, 0.05) is 23.7 Å². The fourth-order valence-electron chi connectivity index (χ4n) is 2.61. The second kappa shape index (κ2) is 7.99. The van der Waals surface area contributed by atoms with Crippen molar-refractivity contribution in [1.82, 2.24) is 5.32 Å². The molecule has 1 amide bonds. The Hall–Kier alpha value is -2.89. The van der Waals surface area contributed by atoms with Gasteiger partial charge in [-0.15, -0.1) is 0 Å². The predicted octanol–water partition coefficient (Wildman–Crippen LogP) is 3.04. The van der Waals surface area contributed by atoms with E-state index in [1.807, 2.05) is 30.3 Å². The topological polar surface area (TPSA) is 66.0 Å². The maximum absolute atomic E-state index is 11.8. The lowest BCUT2D eigenvalue weighted by Gasteiger charge is -2.14. The van der Waals surface area contributed by atoms with E-state index in [2.05, 4.69) is 5.32 Å². The van der Waals surface area contributed by atoms with Crippen LogP contribution in [-0.2, 0) is 4.79 Å². The number of benzene rings is 2. The molecule has 6 nitrogen and oxygen atoms in total. The molecule has 3 rings (SSSR count). The van der Waals surface area contributed by atoms with Gasteiger partial charge >= 0.3 is 0 Å². The van der Waals surface area contributed by atoms with Crippen LogP contribution in [0, 0.1) is 0 Å². The summed E-state index contributed by atoms with van der Waals surface area (Å²) < 4.78 is 21.8. The molecule has 1 aliphatic carbocycles. The highest BCUT2D eigenvalue weighted by molar-refractivity contribution is 5.78. The summed E-state index contributed by atoms with van der Waals surface area (Å²) in [5, 5.41) is 2.90. The third kappa shape index (κ3) is 4.39. The fraction of sp³-hybridized carbons (Fsp3) is 0.350. The molecular weight excluding hydrogens is 334 g/mol. The van der Waals surface area contributed by atoms with E-state index in [4.69, 9.17) is 18.9 Å². The zero-order valence-electron chi connectivity index (χ0n) is 15.2. The number of carbonyl (C=O) groups excluding carboxylic acids is 1. The second-order valence-corrected chi connectivity index (χ2v) is 6.09. The Morgan fingerprint density at radius 1 is 0.962 bits per heavy atom. The van der Waals surface area contributed by atoms with Crippen LogP contribution in [0.2, 0.25) is 0 Å². The van der Waals surface area contributed by atoms with Crippen LogP contribution < -0.4 is 24.3 Å². The van der Waals surface area contributed by atoms with E-state index >= 15 is 0 Å². The maximum Gasteiger partial charge on any atom is 0.258 e. The quantitative estimate of drug-likeness (QED) is 0.787. The molecule has 2 aromatic rings. The van der Waals surface area contributed by atoms with Crippen LogP contribution in [-0.4, -0.2) is 39.9 Å². The molecule has 138 valence electrons. The molecule has 1 N–H and O–H groups in total. The Balaban J connectivity index is 1.83. The number of ether oxygens (including phenoxy) is 4. The molecule has 1 saturated carbocycles. The van der Waals surface area contributed by atoms with Crippen LogP contribution >= 0.6 is 0 Å². The van der Waals surface area contributed by atoms with E-state index in [-0.39, 0.29) is 12.5 Å². The van der Waals surface area contributed by atoms with E-state index in [1.54, 1.807) is 27.4 Å². The fourth-order valence-corrected chi connectivity index (χ4v) is 2.61. The van der Waals surface area contributed by atoms with Gasteiger partial charge in [0.15, 0.2) is 6.61 Å². The highest BCUT2D eigenvalue weighted by Gasteiger charge is 2.23. The minimum atomic E-state index is -0.112. The normalized spacial score (nSPS) is 13.0. The minimum absolute atomic E-state index is 0.0249. The van der Waals surface area contributed by atoms with Crippen molar-refractivity contribution < 1.29 is 23.7 Å². The van der Waals surface area contributed by atoms with Crippen molar-refractivity contribution in [3.8, 4) is 34.1 Å². The second-order valence-electron chi connectivity index (χ2n) is 6.09. The summed E-state index contributed by atoms with van der Waals surface area (Å²) in [5.74, 6) is 2.47. The van der Waals surface area contributed by atoms with E-state index in [1.165, 1.54) is 0 Å². The smallest absolute Gasteiger partial charge is 0.258 e. The molecule has 26 heavy (non-hydrogen) atoms. The average molecular weight is 357 g/mol. The monoisotopic (exact) mass is 357 g/mol. The number of rotatable bonds is 8. The zero-order chi connectivity index (χ0) is 18.5. The van der Waals surface area contributed by atoms with Crippen LogP contribution in [0.25, 0.3) is 11.1 Å². The highest BCUT2D eigenvalue weighted by Crippen LogP contribution is 2.37. The van der Waals surface area contributed by atoms with Gasteiger partial charge in [0.1, 0.15) is 23.0 Å². The van der Waals surface area contributed by atoms with Gasteiger partial charge in [0.2, 0.25) is 0 Å². The molecule has 0 aliphatic heterocycles. The van der Waals surface area contributed by atoms with Crippen molar-refractivity contribution in [2.24, 2.45) is 0 Å². The standard InChI is InChI=1S/C20H23NO5/c1-23-15-6-7-18(19(11-15)25-3)13-8-16(24-2)10-17(9-13)26-12-20(22)21-14-4-5-14/h6-11,14H,4-5,12H2,1-3H3,(H,21,22). The lowest BCUT2D eigenvalue weighted by Crippen LogP contribution is -2.30. The van der Waals surface area contributed by atoms with Crippen LogP contribution in [0.3, 0.4) is 0 Å². The van der Waals surface area contributed by atoms with Gasteiger partial charge in [-0.05, 0) is 42.7 Å². The summed E-state index contributed by atoms with van der Waals surface area (Å²) >= 11 is 0. The first-order chi connectivity index (χ1) is 12.6. The van der Waals surface area contributed by atoms with Crippen molar-refractivity contribution >= 4 is 5.91 Å². The van der Waals surface area contributed by atoms with Crippen molar-refractivity contribution in [3.63, 3.8) is 0 Å². The molecule has 0 spiro atoms. The van der Waals surface area contributed by atoms with E-state index in [0.29, 0.717) is 29.0 Å². The number of nitrogens with one attached hydrogen (secondary N) is 1. The first-order valence-electron chi connectivity index (χ1n) is 8.46. The molecule has 1 aliphatic rings. The average Bonchev–Trinajstić information content (AvgIpc) is 3.49. The Kier molecular flexibility index (Phi) is 5.51. The summed E-state index contributed by atoms with van der Waals surface area (Å²) in [7, 11) is 4.81.